The van der Waals surface area contributed by atoms with Gasteiger partial charge in [0, 0.05) is 15.9 Å². The number of benzene rings is 1. The van der Waals surface area contributed by atoms with Gasteiger partial charge < -0.3 is 10.4 Å². The molecular weight excluding hydrogens is 289 g/mol. The highest BCUT2D eigenvalue weighted by molar-refractivity contribution is 9.10. The minimum atomic E-state index is -0.223. The summed E-state index contributed by atoms with van der Waals surface area (Å²) in [5, 5.41) is 13.7. The van der Waals surface area contributed by atoms with Crippen LogP contribution < -0.4 is 5.32 Å². The van der Waals surface area contributed by atoms with E-state index in [1.165, 1.54) is 0 Å². The first-order valence-electron chi connectivity index (χ1n) is 5.31. The van der Waals surface area contributed by atoms with E-state index in [0.717, 1.165) is 16.6 Å². The van der Waals surface area contributed by atoms with Gasteiger partial charge in [-0.15, -0.1) is 0 Å². The van der Waals surface area contributed by atoms with Crippen LogP contribution in [0.4, 0.5) is 5.69 Å². The Morgan fingerprint density at radius 2 is 2.19 bits per heavy atom. The van der Waals surface area contributed by atoms with Crippen LogP contribution in [0.2, 0.25) is 5.02 Å². The van der Waals surface area contributed by atoms with Gasteiger partial charge in [0.15, 0.2) is 0 Å². The molecule has 0 radical (unpaired) electrons. The van der Waals surface area contributed by atoms with Gasteiger partial charge in [-0.3, -0.25) is 0 Å². The summed E-state index contributed by atoms with van der Waals surface area (Å²) in [6, 6.07) is 6.05. The molecule has 1 aliphatic rings. The van der Waals surface area contributed by atoms with Gasteiger partial charge in [0.05, 0.1) is 16.8 Å². The molecule has 0 aromatic heterocycles. The maximum Gasteiger partial charge on any atom is 0.0648 e. The molecule has 2 N–H and O–H groups in total. The Kier molecular flexibility index (Phi) is 3.21. The predicted molar refractivity (Wildman–Crippen MR) is 71.0 cm³/mol. The molecule has 1 fully saturated rings. The van der Waals surface area contributed by atoms with Crippen molar-refractivity contribution < 1.29 is 5.11 Å². The number of rotatable bonds is 2. The molecule has 88 valence electrons. The first-order chi connectivity index (χ1) is 7.41. The lowest BCUT2D eigenvalue weighted by atomic mass is 9.64. The van der Waals surface area contributed by atoms with E-state index in [4.69, 9.17) is 11.6 Å². The summed E-state index contributed by atoms with van der Waals surface area (Å²) in [5.41, 5.74) is 0.839. The molecule has 4 heteroatoms. The van der Waals surface area contributed by atoms with Crippen LogP contribution in [0, 0.1) is 5.41 Å². The fraction of sp³-hybridized carbons (Fsp3) is 0.500. The Balaban J connectivity index is 2.11. The molecule has 1 aromatic carbocycles. The van der Waals surface area contributed by atoms with E-state index in [0.29, 0.717) is 5.02 Å². The zero-order chi connectivity index (χ0) is 11.9. The molecular formula is C12H15BrClNO. The van der Waals surface area contributed by atoms with Gasteiger partial charge in [-0.2, -0.15) is 0 Å². The number of nitrogens with one attached hydrogen (secondary N) is 1. The molecule has 2 atom stereocenters. The Bertz CT molecular complexity index is 408. The van der Waals surface area contributed by atoms with Crippen molar-refractivity contribution in [3.63, 3.8) is 0 Å². The van der Waals surface area contributed by atoms with Crippen LogP contribution >= 0.6 is 27.5 Å². The molecule has 1 aromatic rings. The largest absolute Gasteiger partial charge is 0.392 e. The van der Waals surface area contributed by atoms with Gasteiger partial charge >= 0.3 is 0 Å². The highest BCUT2D eigenvalue weighted by atomic mass is 79.9. The second-order valence-corrected chi connectivity index (χ2v) is 6.22. The SMILES string of the molecule is CC1(C)C(O)CC1Nc1ccc(Br)cc1Cl. The summed E-state index contributed by atoms with van der Waals surface area (Å²) in [6.07, 6.45) is 0.554. The number of aliphatic hydroxyl groups excluding tert-OH is 1. The summed E-state index contributed by atoms with van der Waals surface area (Å²) in [5.74, 6) is 0. The fourth-order valence-electron chi connectivity index (χ4n) is 1.94. The average molecular weight is 305 g/mol. The zero-order valence-corrected chi connectivity index (χ0v) is 11.6. The van der Waals surface area contributed by atoms with Crippen molar-refractivity contribution in [1.82, 2.24) is 0 Å². The molecule has 0 spiro atoms. The van der Waals surface area contributed by atoms with Gasteiger partial charge in [-0.05, 0) is 24.6 Å². The lowest BCUT2D eigenvalue weighted by Gasteiger charge is -2.50. The third kappa shape index (κ3) is 2.08. The van der Waals surface area contributed by atoms with Gasteiger partial charge in [-0.1, -0.05) is 41.4 Å². The molecule has 0 bridgehead atoms. The van der Waals surface area contributed by atoms with E-state index in [1.54, 1.807) is 0 Å². The lowest BCUT2D eigenvalue weighted by molar-refractivity contribution is -0.0510. The summed E-state index contributed by atoms with van der Waals surface area (Å²) in [7, 11) is 0. The average Bonchev–Trinajstić information content (AvgIpc) is 2.21. The fourth-order valence-corrected chi connectivity index (χ4v) is 2.67. The molecule has 0 heterocycles. The van der Waals surface area contributed by atoms with E-state index >= 15 is 0 Å². The second kappa shape index (κ2) is 4.21. The van der Waals surface area contributed by atoms with Crippen LogP contribution in [-0.2, 0) is 0 Å². The molecule has 0 aliphatic heterocycles. The second-order valence-electron chi connectivity index (χ2n) is 4.89. The van der Waals surface area contributed by atoms with Gasteiger partial charge in [0.25, 0.3) is 0 Å². The molecule has 0 amide bonds. The van der Waals surface area contributed by atoms with Crippen molar-refractivity contribution in [1.29, 1.82) is 0 Å². The molecule has 1 saturated carbocycles. The van der Waals surface area contributed by atoms with Crippen molar-refractivity contribution in [3.8, 4) is 0 Å². The van der Waals surface area contributed by atoms with E-state index in [2.05, 4.69) is 35.1 Å². The van der Waals surface area contributed by atoms with Crippen LogP contribution in [0.3, 0.4) is 0 Å². The molecule has 2 unspecified atom stereocenters. The Labute approximate surface area is 109 Å². The normalized spacial score (nSPS) is 27.3. The monoisotopic (exact) mass is 303 g/mol. The van der Waals surface area contributed by atoms with Crippen molar-refractivity contribution in [2.24, 2.45) is 5.41 Å². The highest BCUT2D eigenvalue weighted by Crippen LogP contribution is 2.43. The Morgan fingerprint density at radius 3 is 2.69 bits per heavy atom. The van der Waals surface area contributed by atoms with E-state index < -0.39 is 0 Å². The summed E-state index contributed by atoms with van der Waals surface area (Å²) < 4.78 is 0.968. The number of anilines is 1. The number of aliphatic hydroxyl groups is 1. The lowest BCUT2D eigenvalue weighted by Crippen LogP contribution is -2.56. The van der Waals surface area contributed by atoms with Crippen LogP contribution in [-0.4, -0.2) is 17.3 Å². The van der Waals surface area contributed by atoms with Gasteiger partial charge in [0.1, 0.15) is 0 Å². The topological polar surface area (TPSA) is 32.3 Å². The van der Waals surface area contributed by atoms with E-state index in [9.17, 15) is 5.11 Å². The third-order valence-corrected chi connectivity index (χ3v) is 4.28. The summed E-state index contributed by atoms with van der Waals surface area (Å²) in [6.45, 7) is 4.12. The van der Waals surface area contributed by atoms with Crippen molar-refractivity contribution >= 4 is 33.2 Å². The molecule has 0 saturated heterocycles. The number of hydrogen-bond donors (Lipinski definition) is 2. The van der Waals surface area contributed by atoms with Crippen LogP contribution in [0.1, 0.15) is 20.3 Å². The maximum atomic E-state index is 9.66. The molecule has 1 aliphatic carbocycles. The summed E-state index contributed by atoms with van der Waals surface area (Å²) in [4.78, 5) is 0. The minimum absolute atomic E-state index is 0.0869. The zero-order valence-electron chi connectivity index (χ0n) is 9.30. The first kappa shape index (κ1) is 12.2. The van der Waals surface area contributed by atoms with Gasteiger partial charge in [-0.25, -0.2) is 0 Å². The van der Waals surface area contributed by atoms with E-state index in [1.807, 2.05) is 18.2 Å². The quantitative estimate of drug-likeness (QED) is 0.873. The third-order valence-electron chi connectivity index (χ3n) is 3.48. The van der Waals surface area contributed by atoms with Crippen molar-refractivity contribution in [2.75, 3.05) is 5.32 Å². The van der Waals surface area contributed by atoms with Crippen LogP contribution in [0.5, 0.6) is 0 Å². The number of halogens is 2. The van der Waals surface area contributed by atoms with Crippen molar-refractivity contribution in [3.05, 3.63) is 27.7 Å². The van der Waals surface area contributed by atoms with E-state index in [-0.39, 0.29) is 17.6 Å². The Hall–Kier alpha value is -0.250. The summed E-state index contributed by atoms with van der Waals surface area (Å²) >= 11 is 9.50. The molecule has 2 rings (SSSR count). The standard InChI is InChI=1S/C12H15BrClNO/c1-12(2)10(6-11(12)16)15-9-4-3-7(13)5-8(9)14/h3-5,10-11,15-16H,6H2,1-2H3. The molecule has 16 heavy (non-hydrogen) atoms. The predicted octanol–water partition coefficient (Wildman–Crippen LogP) is 3.67. The molecule has 2 nitrogen and oxygen atoms in total. The Morgan fingerprint density at radius 1 is 1.50 bits per heavy atom. The first-order valence-corrected chi connectivity index (χ1v) is 6.48. The van der Waals surface area contributed by atoms with Crippen molar-refractivity contribution in [2.45, 2.75) is 32.4 Å². The van der Waals surface area contributed by atoms with Crippen LogP contribution in [0.25, 0.3) is 0 Å². The highest BCUT2D eigenvalue weighted by Gasteiger charge is 2.47. The number of hydrogen-bond acceptors (Lipinski definition) is 2. The minimum Gasteiger partial charge on any atom is -0.392 e. The van der Waals surface area contributed by atoms with Crippen LogP contribution in [0.15, 0.2) is 22.7 Å². The smallest absolute Gasteiger partial charge is 0.0648 e. The van der Waals surface area contributed by atoms with Gasteiger partial charge in [0.2, 0.25) is 0 Å². The maximum absolute atomic E-state index is 9.66.